The van der Waals surface area contributed by atoms with E-state index in [2.05, 4.69) is 29.5 Å². The van der Waals surface area contributed by atoms with Crippen LogP contribution >= 0.6 is 11.6 Å². The van der Waals surface area contributed by atoms with E-state index in [4.69, 9.17) is 4.79 Å². The molecule has 0 unspecified atom stereocenters. The van der Waals surface area contributed by atoms with Gasteiger partial charge in [-0.25, -0.2) is 0 Å². The summed E-state index contributed by atoms with van der Waals surface area (Å²) in [4.78, 5) is 9.11. The summed E-state index contributed by atoms with van der Waals surface area (Å²) < 4.78 is 41.7. The van der Waals surface area contributed by atoms with Gasteiger partial charge in [0.2, 0.25) is 0 Å². The third kappa shape index (κ3) is 22.4. The molecule has 0 rings (SSSR count). The van der Waals surface area contributed by atoms with Crippen LogP contribution in [0.4, 0.5) is 13.2 Å². The van der Waals surface area contributed by atoms with Crippen LogP contribution in [0.3, 0.4) is 0 Å². The van der Waals surface area contributed by atoms with E-state index in [0.717, 1.165) is 0 Å². The number of alkyl halides is 3. The third-order valence-corrected chi connectivity index (χ3v) is 0.437. The minimum atomic E-state index is -4.87. The summed E-state index contributed by atoms with van der Waals surface area (Å²) in [6, 6.07) is 0. The SMILES string of the molecule is O=C(Cl)C(F)(F)F.[CH3][Pb]([CH3])([CH3])[CH3]. The van der Waals surface area contributed by atoms with Crippen LogP contribution in [0.15, 0.2) is 0 Å². The Bertz CT molecular complexity index is 144. The first-order valence-electron chi connectivity index (χ1n) is 3.21. The number of hydrogen-bond donors (Lipinski definition) is 0. The van der Waals surface area contributed by atoms with E-state index in [1.807, 2.05) is 0 Å². The first-order valence-corrected chi connectivity index (χ1v) is 19.1. The van der Waals surface area contributed by atoms with Crippen molar-refractivity contribution in [2.45, 2.75) is 24.1 Å². The summed E-state index contributed by atoms with van der Waals surface area (Å²) in [5.41, 5.74) is 0. The standard InChI is InChI=1S/C2ClF3O.4CH3.Pb/c3-1(7)2(4,5)6;;;;;/h;4*1H3;. The van der Waals surface area contributed by atoms with E-state index in [9.17, 15) is 13.2 Å². The Morgan fingerprint density at radius 1 is 1.17 bits per heavy atom. The van der Waals surface area contributed by atoms with Crippen LogP contribution in [0.25, 0.3) is 0 Å². The molecule has 0 saturated carbocycles. The molecule has 0 aliphatic carbocycles. The average Bonchev–Trinajstić information content (AvgIpc) is 1.55. The summed E-state index contributed by atoms with van der Waals surface area (Å²) in [6.07, 6.45) is -4.87. The van der Waals surface area contributed by atoms with E-state index in [1.54, 1.807) is 0 Å². The van der Waals surface area contributed by atoms with Gasteiger partial charge < -0.3 is 0 Å². The molecular weight excluding hydrogens is 388 g/mol. The molecule has 12 heavy (non-hydrogen) atoms. The molecule has 0 aromatic rings. The van der Waals surface area contributed by atoms with Gasteiger partial charge in [-0.1, -0.05) is 0 Å². The van der Waals surface area contributed by atoms with Gasteiger partial charge in [0.05, 0.1) is 0 Å². The zero-order valence-corrected chi connectivity index (χ0v) is 12.1. The van der Waals surface area contributed by atoms with Crippen LogP contribution in [-0.4, -0.2) is 32.6 Å². The van der Waals surface area contributed by atoms with Gasteiger partial charge in [0.1, 0.15) is 0 Å². The van der Waals surface area contributed by atoms with Crippen molar-refractivity contribution in [1.82, 2.24) is 0 Å². The number of carbonyl (C=O) groups excluding carboxylic acids is 1. The second kappa shape index (κ2) is 5.41. The molecule has 0 aliphatic rings. The van der Waals surface area contributed by atoms with Crippen molar-refractivity contribution in [2.24, 2.45) is 0 Å². The average molecular weight is 400 g/mol. The molecule has 0 aromatic carbocycles. The molecule has 0 amide bonds. The first-order chi connectivity index (χ1) is 4.94. The van der Waals surface area contributed by atoms with E-state index < -0.39 is 32.6 Å². The van der Waals surface area contributed by atoms with Crippen LogP contribution in [0.5, 0.6) is 0 Å². The predicted molar refractivity (Wildman–Crippen MR) is 46.1 cm³/mol. The molecule has 0 aliphatic heterocycles. The normalized spacial score (nSPS) is 11.7. The molecular formula is C6H12ClF3OPb. The van der Waals surface area contributed by atoms with Gasteiger partial charge >= 0.3 is 50.5 Å². The van der Waals surface area contributed by atoms with Crippen molar-refractivity contribution in [3.8, 4) is 0 Å². The summed E-state index contributed by atoms with van der Waals surface area (Å²) in [5.74, 6) is 0. The first kappa shape index (κ1) is 15.2. The van der Waals surface area contributed by atoms with Crippen LogP contribution < -0.4 is 0 Å². The number of halogens is 4. The topological polar surface area (TPSA) is 17.1 Å². The Kier molecular flexibility index (Phi) is 6.84. The Hall–Kier alpha value is 0.672. The molecule has 74 valence electrons. The molecule has 0 bridgehead atoms. The molecule has 0 N–H and O–H groups in total. The van der Waals surface area contributed by atoms with E-state index in [0.29, 0.717) is 0 Å². The van der Waals surface area contributed by atoms with Gasteiger partial charge in [-0.2, -0.15) is 13.2 Å². The van der Waals surface area contributed by atoms with Crippen molar-refractivity contribution in [3.63, 3.8) is 0 Å². The van der Waals surface area contributed by atoms with Crippen molar-refractivity contribution in [3.05, 3.63) is 0 Å². The number of hydrogen-bond acceptors (Lipinski definition) is 1. The zero-order valence-electron chi connectivity index (χ0n) is 7.42. The minimum absolute atomic E-state index is 1.28. The van der Waals surface area contributed by atoms with E-state index >= 15 is 0 Å². The number of rotatable bonds is 0. The van der Waals surface area contributed by atoms with Gasteiger partial charge in [0.15, 0.2) is 0 Å². The fraction of sp³-hybridized carbons (Fsp3) is 0.833. The fourth-order valence-electron chi connectivity index (χ4n) is 0. The molecule has 0 spiro atoms. The maximum absolute atomic E-state index is 10.7. The Morgan fingerprint density at radius 2 is 1.25 bits per heavy atom. The molecule has 0 saturated heterocycles. The quantitative estimate of drug-likeness (QED) is 0.451. The Morgan fingerprint density at radius 3 is 1.25 bits per heavy atom. The molecule has 0 heterocycles. The zero-order chi connectivity index (χ0) is 10.6. The van der Waals surface area contributed by atoms with E-state index in [1.165, 1.54) is 0 Å². The fourth-order valence-corrected chi connectivity index (χ4v) is 0. The molecule has 0 atom stereocenters. The number of carbonyl (C=O) groups is 1. The Labute approximate surface area is 79.9 Å². The van der Waals surface area contributed by atoms with Crippen molar-refractivity contribution in [1.29, 1.82) is 0 Å². The van der Waals surface area contributed by atoms with Crippen LogP contribution in [0, 0.1) is 0 Å². The van der Waals surface area contributed by atoms with Crippen molar-refractivity contribution in [2.75, 3.05) is 0 Å². The molecule has 6 heteroatoms. The Balaban J connectivity index is 0. The van der Waals surface area contributed by atoms with Crippen molar-refractivity contribution >= 4 is 38.0 Å². The van der Waals surface area contributed by atoms with Crippen LogP contribution in [0.1, 0.15) is 0 Å². The van der Waals surface area contributed by atoms with Crippen LogP contribution in [-0.2, 0) is 4.79 Å². The predicted octanol–water partition coefficient (Wildman–Crippen LogP) is 3.27. The summed E-state index contributed by atoms with van der Waals surface area (Å²) in [7, 11) is 0. The second-order valence-corrected chi connectivity index (χ2v) is 27.4. The molecule has 0 fully saturated rings. The van der Waals surface area contributed by atoms with Gasteiger partial charge in [-0.05, 0) is 11.6 Å². The second-order valence-electron chi connectivity index (χ2n) is 3.77. The van der Waals surface area contributed by atoms with Gasteiger partial charge in [0, 0.05) is 0 Å². The van der Waals surface area contributed by atoms with Gasteiger partial charge in [-0.15, -0.1) is 0 Å². The monoisotopic (exact) mass is 400 g/mol. The molecule has 0 aromatic heterocycles. The van der Waals surface area contributed by atoms with Crippen LogP contribution in [0.2, 0.25) is 17.9 Å². The van der Waals surface area contributed by atoms with Crippen molar-refractivity contribution < 1.29 is 18.0 Å². The maximum atomic E-state index is 10.7. The third-order valence-electron chi connectivity index (χ3n) is 0.223. The molecule has 0 radical (unpaired) electrons. The van der Waals surface area contributed by atoms with Gasteiger partial charge in [-0.3, -0.25) is 4.79 Å². The summed E-state index contributed by atoms with van der Waals surface area (Å²) in [6.45, 7) is 0. The molecule has 1 nitrogen and oxygen atoms in total. The van der Waals surface area contributed by atoms with E-state index in [-0.39, 0.29) is 0 Å². The summed E-state index contributed by atoms with van der Waals surface area (Å²) >= 11 is 2.71. The summed E-state index contributed by atoms with van der Waals surface area (Å²) in [5, 5.41) is -2.28. The van der Waals surface area contributed by atoms with Gasteiger partial charge in [0.25, 0.3) is 0 Å².